The summed E-state index contributed by atoms with van der Waals surface area (Å²) in [5, 5.41) is 16.1. The van der Waals surface area contributed by atoms with E-state index in [9.17, 15) is 24.3 Å². The molecule has 0 saturated carbocycles. The Balaban J connectivity index is 1.70. The Morgan fingerprint density at radius 1 is 1.12 bits per heavy atom. The van der Waals surface area contributed by atoms with Crippen LogP contribution in [0, 0.1) is 11.8 Å². The third kappa shape index (κ3) is 6.82. The van der Waals surface area contributed by atoms with Crippen LogP contribution < -0.4 is 15.4 Å². The number of likely N-dealkylation sites (tertiary alicyclic amines) is 1. The van der Waals surface area contributed by atoms with E-state index in [1.54, 1.807) is 28.0 Å². The lowest BCUT2D eigenvalue weighted by molar-refractivity contribution is -0.150. The van der Waals surface area contributed by atoms with E-state index in [1.165, 1.54) is 12.3 Å². The molecule has 0 radical (unpaired) electrons. The first-order chi connectivity index (χ1) is 20.5. The Hall–Kier alpha value is -3.60. The van der Waals surface area contributed by atoms with E-state index in [4.69, 9.17) is 4.74 Å². The van der Waals surface area contributed by atoms with Crippen molar-refractivity contribution in [3.05, 3.63) is 30.0 Å². The van der Waals surface area contributed by atoms with E-state index < -0.39 is 30.3 Å². The zero-order valence-corrected chi connectivity index (χ0v) is 26.2. The van der Waals surface area contributed by atoms with E-state index >= 15 is 0 Å². The van der Waals surface area contributed by atoms with Gasteiger partial charge in [0.15, 0.2) is 0 Å². The van der Waals surface area contributed by atoms with E-state index in [0.717, 1.165) is 6.42 Å². The monoisotopic (exact) mass is 597 g/mol. The molecule has 0 aromatic heterocycles. The van der Waals surface area contributed by atoms with Gasteiger partial charge in [0.25, 0.3) is 0 Å². The molecular formula is C32H47N5O6. The van der Waals surface area contributed by atoms with Crippen LogP contribution in [0.1, 0.15) is 65.4 Å². The highest BCUT2D eigenvalue weighted by Crippen LogP contribution is 2.32. The number of rotatable bonds is 8. The predicted octanol–water partition coefficient (Wildman–Crippen LogP) is 2.34. The number of carbonyl (C=O) groups excluding carboxylic acids is 4. The molecule has 4 rings (SSSR count). The van der Waals surface area contributed by atoms with Crippen molar-refractivity contribution < 1.29 is 29.0 Å². The second-order valence-corrected chi connectivity index (χ2v) is 12.3. The molecule has 11 nitrogen and oxygen atoms in total. The lowest BCUT2D eigenvalue weighted by Crippen LogP contribution is -2.61. The maximum atomic E-state index is 14.4. The van der Waals surface area contributed by atoms with Crippen molar-refractivity contribution in [2.45, 2.75) is 90.1 Å². The zero-order valence-electron chi connectivity index (χ0n) is 26.2. The van der Waals surface area contributed by atoms with Crippen molar-refractivity contribution in [2.75, 3.05) is 27.2 Å². The first-order valence-corrected chi connectivity index (χ1v) is 15.5. The molecule has 3 N–H and O–H groups in total. The SMILES string of the molecule is CCC(C)C(NC(=O)C(C(C)CC)N(C)C)C(=O)N1CCC2Oc3ccc(O)c(c3)C=CNC(=O)C3CCCN3C(=O)C21. The summed E-state index contributed by atoms with van der Waals surface area (Å²) in [6, 6.07) is 1.85. The van der Waals surface area contributed by atoms with Crippen molar-refractivity contribution >= 4 is 29.7 Å². The van der Waals surface area contributed by atoms with Gasteiger partial charge in [-0.15, -0.1) is 0 Å². The minimum Gasteiger partial charge on any atom is -0.507 e. The highest BCUT2D eigenvalue weighted by molar-refractivity contribution is 5.96. The molecule has 7 atom stereocenters. The lowest BCUT2D eigenvalue weighted by atomic mass is 9.94. The molecule has 3 aliphatic rings. The number of nitrogens with zero attached hydrogens (tertiary/aromatic N) is 3. The van der Waals surface area contributed by atoms with Crippen molar-refractivity contribution in [2.24, 2.45) is 11.8 Å². The van der Waals surface area contributed by atoms with Crippen LogP contribution >= 0.6 is 0 Å². The summed E-state index contributed by atoms with van der Waals surface area (Å²) in [7, 11) is 3.72. The normalized spacial score (nSPS) is 24.9. The molecule has 7 unspecified atom stereocenters. The van der Waals surface area contributed by atoms with Gasteiger partial charge in [-0.1, -0.05) is 40.5 Å². The highest BCUT2D eigenvalue weighted by Gasteiger charge is 2.50. The summed E-state index contributed by atoms with van der Waals surface area (Å²) in [5.74, 6) is -0.855. The first kappa shape index (κ1) is 32.3. The Labute approximate surface area is 254 Å². The van der Waals surface area contributed by atoms with Crippen LogP contribution in [0.25, 0.3) is 6.08 Å². The minimum absolute atomic E-state index is 0.0200. The van der Waals surface area contributed by atoms with Gasteiger partial charge >= 0.3 is 0 Å². The topological polar surface area (TPSA) is 132 Å². The molecule has 2 bridgehead atoms. The van der Waals surface area contributed by atoms with Gasteiger partial charge in [0.2, 0.25) is 23.6 Å². The fourth-order valence-electron chi connectivity index (χ4n) is 6.45. The standard InChI is InChI=1S/C32H47N5O6/c1-7-19(3)26(34-30(40)27(35(5)6)20(4)8-2)31(41)37-17-14-25-28(37)32(42)36-16-9-10-23(36)29(39)33-15-13-21-18-22(43-25)11-12-24(21)38/h11-13,15,18-20,23,25-28,38H,7-10,14,16-17H2,1-6H3,(H,33,39)(H,34,40). The lowest BCUT2D eigenvalue weighted by Gasteiger charge is -2.36. The molecule has 4 amide bonds. The van der Waals surface area contributed by atoms with Gasteiger partial charge < -0.3 is 30.3 Å². The summed E-state index contributed by atoms with van der Waals surface area (Å²) in [6.45, 7) is 8.61. The van der Waals surface area contributed by atoms with Crippen molar-refractivity contribution in [3.63, 3.8) is 0 Å². The number of phenols is 1. The van der Waals surface area contributed by atoms with Crippen LogP contribution in [-0.4, -0.2) is 101 Å². The molecule has 43 heavy (non-hydrogen) atoms. The molecule has 1 aromatic rings. The Bertz CT molecular complexity index is 1230. The third-order valence-electron chi connectivity index (χ3n) is 9.28. The summed E-state index contributed by atoms with van der Waals surface area (Å²) >= 11 is 0. The van der Waals surface area contributed by atoms with Crippen LogP contribution in [0.15, 0.2) is 24.4 Å². The Morgan fingerprint density at radius 2 is 1.84 bits per heavy atom. The number of likely N-dealkylation sites (N-methyl/N-ethyl adjacent to an activating group) is 1. The van der Waals surface area contributed by atoms with E-state index in [1.807, 2.05) is 46.7 Å². The number of benzene rings is 1. The van der Waals surface area contributed by atoms with Crippen LogP contribution in [0.2, 0.25) is 0 Å². The number of carbonyl (C=O) groups is 4. The molecule has 2 fully saturated rings. The van der Waals surface area contributed by atoms with Gasteiger partial charge in [0.1, 0.15) is 35.7 Å². The fourth-order valence-corrected chi connectivity index (χ4v) is 6.45. The molecule has 3 aliphatic heterocycles. The molecule has 236 valence electrons. The number of nitrogens with one attached hydrogen (secondary N) is 2. The molecule has 0 spiro atoms. The predicted molar refractivity (Wildman–Crippen MR) is 163 cm³/mol. The Kier molecular flexibility index (Phi) is 10.4. The number of amides is 4. The molecule has 0 aliphatic carbocycles. The number of fused-ring (bicyclic) bond motifs is 4. The number of aromatic hydroxyl groups is 1. The number of hydrogen-bond donors (Lipinski definition) is 3. The van der Waals surface area contributed by atoms with Gasteiger partial charge in [-0.05, 0) is 63.0 Å². The maximum Gasteiger partial charge on any atom is 0.249 e. The maximum absolute atomic E-state index is 14.4. The number of phenolic OH excluding ortho intramolecular Hbond substituents is 1. The first-order valence-electron chi connectivity index (χ1n) is 15.5. The van der Waals surface area contributed by atoms with Crippen molar-refractivity contribution in [3.8, 4) is 11.5 Å². The molecule has 1 aromatic carbocycles. The minimum atomic E-state index is -0.977. The third-order valence-corrected chi connectivity index (χ3v) is 9.28. The average molecular weight is 598 g/mol. The summed E-state index contributed by atoms with van der Waals surface area (Å²) in [5.41, 5.74) is 0.449. The molecular weight excluding hydrogens is 550 g/mol. The second-order valence-electron chi connectivity index (χ2n) is 12.3. The van der Waals surface area contributed by atoms with E-state index in [-0.39, 0.29) is 47.8 Å². The summed E-state index contributed by atoms with van der Waals surface area (Å²) in [6.07, 6.45) is 5.38. The quantitative estimate of drug-likeness (QED) is 0.419. The summed E-state index contributed by atoms with van der Waals surface area (Å²) < 4.78 is 6.35. The molecule has 11 heteroatoms. The van der Waals surface area contributed by atoms with Gasteiger partial charge in [0.05, 0.1) is 6.04 Å². The fraction of sp³-hybridized carbons (Fsp3) is 0.625. The largest absolute Gasteiger partial charge is 0.507 e. The molecule has 3 heterocycles. The van der Waals surface area contributed by atoms with Crippen molar-refractivity contribution in [1.82, 2.24) is 25.3 Å². The number of hydrogen-bond acceptors (Lipinski definition) is 7. The smallest absolute Gasteiger partial charge is 0.249 e. The van der Waals surface area contributed by atoms with Crippen LogP contribution in [0.5, 0.6) is 11.5 Å². The second kappa shape index (κ2) is 13.8. The Morgan fingerprint density at radius 3 is 2.51 bits per heavy atom. The van der Waals surface area contributed by atoms with Gasteiger partial charge in [-0.3, -0.25) is 24.1 Å². The highest BCUT2D eigenvalue weighted by atomic mass is 16.5. The molecule has 2 saturated heterocycles. The van der Waals surface area contributed by atoms with E-state index in [2.05, 4.69) is 10.6 Å². The average Bonchev–Trinajstić information content (AvgIpc) is 3.63. The van der Waals surface area contributed by atoms with Crippen LogP contribution in [0.3, 0.4) is 0 Å². The van der Waals surface area contributed by atoms with Gasteiger partial charge in [0, 0.05) is 31.3 Å². The van der Waals surface area contributed by atoms with Gasteiger partial charge in [-0.25, -0.2) is 0 Å². The zero-order chi connectivity index (χ0) is 31.4. The number of ether oxygens (including phenoxy) is 1. The van der Waals surface area contributed by atoms with Crippen LogP contribution in [-0.2, 0) is 19.2 Å². The van der Waals surface area contributed by atoms with Gasteiger partial charge in [-0.2, -0.15) is 0 Å². The van der Waals surface area contributed by atoms with E-state index in [0.29, 0.717) is 43.5 Å². The van der Waals surface area contributed by atoms with Crippen molar-refractivity contribution in [1.29, 1.82) is 0 Å². The summed E-state index contributed by atoms with van der Waals surface area (Å²) in [4.78, 5) is 60.4. The van der Waals surface area contributed by atoms with Crippen LogP contribution in [0.4, 0.5) is 0 Å².